The molecule has 0 aromatic heterocycles. The van der Waals surface area contributed by atoms with Gasteiger partial charge in [-0.25, -0.2) is 0 Å². The molecular formula is C16H25NO5. The van der Waals surface area contributed by atoms with Crippen LogP contribution in [0, 0.1) is 11.8 Å². The van der Waals surface area contributed by atoms with Gasteiger partial charge in [-0.05, 0) is 30.8 Å². The van der Waals surface area contributed by atoms with Gasteiger partial charge in [0.05, 0.1) is 25.2 Å². The molecule has 0 bridgehead atoms. The van der Waals surface area contributed by atoms with Gasteiger partial charge >= 0.3 is 5.97 Å². The largest absolute Gasteiger partial charge is 0.481 e. The fourth-order valence-electron chi connectivity index (χ4n) is 3.13. The Hall–Kier alpha value is -1.37. The standard InChI is InChI=1S/C16H25NO5/c1-2-3-10(18)4-5-11-12-8-14(13(12)9-15(11)19)17-22-7-6-16(20)21/h4-5,10-12,15,17-19H,2-3,6-9H2,1H3,(H,20,21)/t10?,11?,12-,15?/m0/s1. The van der Waals surface area contributed by atoms with Crippen molar-refractivity contribution >= 4 is 5.97 Å². The molecule has 0 spiro atoms. The van der Waals surface area contributed by atoms with Gasteiger partial charge in [-0.3, -0.25) is 15.1 Å². The van der Waals surface area contributed by atoms with E-state index in [1.807, 2.05) is 13.0 Å². The van der Waals surface area contributed by atoms with Crippen LogP contribution in [-0.4, -0.2) is 40.1 Å². The second-order valence-electron chi connectivity index (χ2n) is 6.00. The number of aliphatic carboxylic acids is 1. The highest BCUT2D eigenvalue weighted by Crippen LogP contribution is 2.49. The Morgan fingerprint density at radius 2 is 2.27 bits per heavy atom. The van der Waals surface area contributed by atoms with Crippen molar-refractivity contribution in [3.8, 4) is 0 Å². The predicted octanol–water partition coefficient (Wildman–Crippen LogP) is 1.35. The van der Waals surface area contributed by atoms with Crippen LogP contribution in [0.25, 0.3) is 0 Å². The van der Waals surface area contributed by atoms with Crippen LogP contribution in [0.4, 0.5) is 0 Å². The third-order valence-electron chi connectivity index (χ3n) is 4.35. The van der Waals surface area contributed by atoms with Crippen molar-refractivity contribution in [3.05, 3.63) is 23.4 Å². The molecule has 1 fully saturated rings. The molecule has 0 aromatic rings. The zero-order chi connectivity index (χ0) is 16.1. The monoisotopic (exact) mass is 311 g/mol. The molecule has 1 saturated carbocycles. The highest BCUT2D eigenvalue weighted by molar-refractivity contribution is 5.66. The molecule has 3 unspecified atom stereocenters. The van der Waals surface area contributed by atoms with E-state index in [1.165, 1.54) is 0 Å². The maximum atomic E-state index is 10.4. The number of aliphatic hydroxyl groups is 2. The lowest BCUT2D eigenvalue weighted by atomic mass is 9.79. The Kier molecular flexibility index (Phi) is 5.99. The summed E-state index contributed by atoms with van der Waals surface area (Å²) in [5.41, 5.74) is 4.92. The smallest absolute Gasteiger partial charge is 0.305 e. The molecule has 2 aliphatic rings. The van der Waals surface area contributed by atoms with Crippen LogP contribution in [0.5, 0.6) is 0 Å². The second kappa shape index (κ2) is 7.76. The number of fused-ring (bicyclic) bond motifs is 1. The highest BCUT2D eigenvalue weighted by Gasteiger charge is 2.44. The van der Waals surface area contributed by atoms with Crippen molar-refractivity contribution in [2.24, 2.45) is 11.8 Å². The second-order valence-corrected chi connectivity index (χ2v) is 6.00. The lowest BCUT2D eigenvalue weighted by Crippen LogP contribution is -2.30. The number of hydrogen-bond acceptors (Lipinski definition) is 5. The molecule has 4 N–H and O–H groups in total. The average molecular weight is 311 g/mol. The maximum absolute atomic E-state index is 10.4. The molecule has 2 rings (SSSR count). The van der Waals surface area contributed by atoms with Crippen LogP contribution in [0.2, 0.25) is 0 Å². The Labute approximate surface area is 130 Å². The molecular weight excluding hydrogens is 286 g/mol. The molecule has 0 radical (unpaired) electrons. The van der Waals surface area contributed by atoms with Gasteiger partial charge < -0.3 is 15.3 Å². The number of hydroxylamine groups is 1. The van der Waals surface area contributed by atoms with E-state index in [4.69, 9.17) is 9.94 Å². The van der Waals surface area contributed by atoms with Crippen LogP contribution in [0.15, 0.2) is 23.4 Å². The molecule has 4 atom stereocenters. The first kappa shape index (κ1) is 17.0. The number of nitrogens with one attached hydrogen (secondary N) is 1. The Bertz CT molecular complexity index is 459. The fraction of sp³-hybridized carbons (Fsp3) is 0.688. The zero-order valence-corrected chi connectivity index (χ0v) is 12.9. The minimum Gasteiger partial charge on any atom is -0.481 e. The van der Waals surface area contributed by atoms with Gasteiger partial charge in [0.1, 0.15) is 0 Å². The van der Waals surface area contributed by atoms with Crippen LogP contribution in [0.1, 0.15) is 39.0 Å². The van der Waals surface area contributed by atoms with Gasteiger partial charge in [0, 0.05) is 11.6 Å². The van der Waals surface area contributed by atoms with Crippen molar-refractivity contribution in [2.75, 3.05) is 6.61 Å². The molecule has 0 aromatic carbocycles. The SMILES string of the molecule is CCCC(O)C=CC1C(O)CC2=C(NOCCC(=O)O)C[C@H]21. The predicted molar refractivity (Wildman–Crippen MR) is 80.6 cm³/mol. The number of carbonyl (C=O) groups is 1. The average Bonchev–Trinajstić information content (AvgIpc) is 2.69. The first-order chi connectivity index (χ1) is 10.5. The van der Waals surface area contributed by atoms with E-state index < -0.39 is 18.2 Å². The minimum atomic E-state index is -0.891. The minimum absolute atomic E-state index is 0.0393. The van der Waals surface area contributed by atoms with Crippen molar-refractivity contribution < 1.29 is 25.0 Å². The molecule has 6 heteroatoms. The molecule has 0 saturated heterocycles. The van der Waals surface area contributed by atoms with Crippen LogP contribution in [-0.2, 0) is 9.63 Å². The quantitative estimate of drug-likeness (QED) is 0.291. The summed E-state index contributed by atoms with van der Waals surface area (Å²) in [7, 11) is 0. The third-order valence-corrected chi connectivity index (χ3v) is 4.35. The third kappa shape index (κ3) is 4.09. The van der Waals surface area contributed by atoms with Gasteiger partial charge in [0.2, 0.25) is 0 Å². The first-order valence-electron chi connectivity index (χ1n) is 7.88. The molecule has 0 heterocycles. The number of rotatable bonds is 9. The van der Waals surface area contributed by atoms with Gasteiger partial charge in [0.15, 0.2) is 0 Å². The zero-order valence-electron chi connectivity index (χ0n) is 12.9. The van der Waals surface area contributed by atoms with Gasteiger partial charge in [-0.15, -0.1) is 0 Å². The summed E-state index contributed by atoms with van der Waals surface area (Å²) in [6, 6.07) is 0. The molecule has 124 valence electrons. The molecule has 0 amide bonds. The summed E-state index contributed by atoms with van der Waals surface area (Å²) in [6.45, 7) is 2.14. The van der Waals surface area contributed by atoms with Crippen molar-refractivity contribution in [1.82, 2.24) is 5.48 Å². The summed E-state index contributed by atoms with van der Waals surface area (Å²) >= 11 is 0. The molecule has 6 nitrogen and oxygen atoms in total. The van der Waals surface area contributed by atoms with Crippen LogP contribution < -0.4 is 5.48 Å². The van der Waals surface area contributed by atoms with Crippen molar-refractivity contribution in [1.29, 1.82) is 0 Å². The van der Waals surface area contributed by atoms with E-state index in [9.17, 15) is 15.0 Å². The normalized spacial score (nSPS) is 28.6. The number of hydrogen-bond donors (Lipinski definition) is 4. The molecule has 2 aliphatic carbocycles. The van der Waals surface area contributed by atoms with Gasteiger partial charge in [0.25, 0.3) is 0 Å². The Morgan fingerprint density at radius 1 is 1.50 bits per heavy atom. The maximum Gasteiger partial charge on any atom is 0.305 e. The number of allylic oxidation sites excluding steroid dienone is 1. The van der Waals surface area contributed by atoms with Crippen molar-refractivity contribution in [3.63, 3.8) is 0 Å². The fourth-order valence-corrected chi connectivity index (χ4v) is 3.13. The highest BCUT2D eigenvalue weighted by atomic mass is 16.6. The molecule has 0 aliphatic heterocycles. The van der Waals surface area contributed by atoms with E-state index in [2.05, 4.69) is 5.48 Å². The summed E-state index contributed by atoms with van der Waals surface area (Å²) in [5, 5.41) is 28.4. The number of carboxylic acids is 1. The summed E-state index contributed by atoms with van der Waals surface area (Å²) in [5.74, 6) is -0.546. The lowest BCUT2D eigenvalue weighted by Gasteiger charge is -2.31. The van der Waals surface area contributed by atoms with E-state index in [-0.39, 0.29) is 18.9 Å². The van der Waals surface area contributed by atoms with Crippen LogP contribution >= 0.6 is 0 Å². The van der Waals surface area contributed by atoms with E-state index >= 15 is 0 Å². The molecule has 22 heavy (non-hydrogen) atoms. The summed E-state index contributed by atoms with van der Waals surface area (Å²) in [4.78, 5) is 15.5. The number of carboxylic acid groups (broad SMARTS) is 1. The lowest BCUT2D eigenvalue weighted by molar-refractivity contribution is -0.138. The summed E-state index contributed by atoms with van der Waals surface area (Å²) < 4.78 is 0. The van der Waals surface area contributed by atoms with E-state index in [0.717, 1.165) is 30.5 Å². The van der Waals surface area contributed by atoms with E-state index in [1.54, 1.807) is 6.08 Å². The summed E-state index contributed by atoms with van der Waals surface area (Å²) in [6.07, 6.45) is 5.87. The Morgan fingerprint density at radius 3 is 2.95 bits per heavy atom. The van der Waals surface area contributed by atoms with Gasteiger partial charge in [-0.2, -0.15) is 0 Å². The van der Waals surface area contributed by atoms with Gasteiger partial charge in [-0.1, -0.05) is 25.5 Å². The number of aliphatic hydroxyl groups excluding tert-OH is 2. The van der Waals surface area contributed by atoms with Crippen molar-refractivity contribution in [2.45, 2.75) is 51.2 Å². The van der Waals surface area contributed by atoms with E-state index in [0.29, 0.717) is 12.3 Å². The topological polar surface area (TPSA) is 99.0 Å². The first-order valence-corrected chi connectivity index (χ1v) is 7.88. The van der Waals surface area contributed by atoms with Crippen LogP contribution in [0.3, 0.4) is 0 Å². The Balaban J connectivity index is 1.83.